The summed E-state index contributed by atoms with van der Waals surface area (Å²) in [5, 5.41) is 2.11. The van der Waals surface area contributed by atoms with Gasteiger partial charge in [-0.05, 0) is 54.5 Å². The molecule has 0 saturated heterocycles. The zero-order valence-corrected chi connectivity index (χ0v) is 16.8. The average molecular weight is 447 g/mol. The van der Waals surface area contributed by atoms with Gasteiger partial charge in [0.1, 0.15) is 0 Å². The first kappa shape index (κ1) is 22.8. The minimum atomic E-state index is -4.59. The molecule has 0 spiro atoms. The molecule has 1 amide bonds. The molecule has 0 atom stereocenters. The van der Waals surface area contributed by atoms with Crippen LogP contribution in [0.3, 0.4) is 0 Å². The van der Waals surface area contributed by atoms with Crippen molar-refractivity contribution in [1.29, 1.82) is 0 Å². The van der Waals surface area contributed by atoms with E-state index in [1.165, 1.54) is 36.4 Å². The van der Waals surface area contributed by atoms with Gasteiger partial charge in [0.05, 0.1) is 16.3 Å². The van der Waals surface area contributed by atoms with E-state index in [0.717, 1.165) is 18.2 Å². The number of benzene rings is 2. The summed E-state index contributed by atoms with van der Waals surface area (Å²) in [6, 6.07) is 9.30. The summed E-state index contributed by atoms with van der Waals surface area (Å²) in [4.78, 5) is 12.0. The molecule has 0 heterocycles. The first-order valence-electron chi connectivity index (χ1n) is 8.46. The minimum Gasteiger partial charge on any atom is -0.323 e. The summed E-state index contributed by atoms with van der Waals surface area (Å²) in [6.07, 6.45) is -1.80. The predicted molar refractivity (Wildman–Crippen MR) is 108 cm³/mol. The second-order valence-electron chi connectivity index (χ2n) is 6.06. The molecule has 2 N–H and O–H groups in total. The van der Waals surface area contributed by atoms with Crippen molar-refractivity contribution in [3.8, 4) is 0 Å². The fourth-order valence-electron chi connectivity index (χ4n) is 2.34. The molecule has 2 rings (SSSR count). The van der Waals surface area contributed by atoms with Gasteiger partial charge in [0.15, 0.2) is 0 Å². The fourth-order valence-corrected chi connectivity index (χ4v) is 3.70. The van der Waals surface area contributed by atoms with Gasteiger partial charge in [0, 0.05) is 17.5 Å². The number of carbonyl (C=O) groups excluding carboxylic acids is 1. The van der Waals surface area contributed by atoms with Crippen LogP contribution < -0.4 is 10.0 Å². The van der Waals surface area contributed by atoms with E-state index in [1.807, 2.05) is 0 Å². The van der Waals surface area contributed by atoms with Gasteiger partial charge in [-0.15, -0.1) is 0 Å². The Balaban J connectivity index is 2.02. The van der Waals surface area contributed by atoms with E-state index in [9.17, 15) is 26.4 Å². The minimum absolute atomic E-state index is 0.00294. The molecule has 0 unspecified atom stereocenters. The van der Waals surface area contributed by atoms with Crippen molar-refractivity contribution in [3.63, 3.8) is 0 Å². The van der Waals surface area contributed by atoms with Crippen molar-refractivity contribution in [3.05, 3.63) is 64.7 Å². The fraction of sp³-hybridized carbons (Fsp3) is 0.211. The zero-order valence-electron chi connectivity index (χ0n) is 15.3. The van der Waals surface area contributed by atoms with E-state index in [1.54, 1.807) is 6.92 Å². The topological polar surface area (TPSA) is 75.3 Å². The van der Waals surface area contributed by atoms with Crippen LogP contribution in [0.1, 0.15) is 24.5 Å². The van der Waals surface area contributed by atoms with E-state index in [4.69, 9.17) is 11.6 Å². The van der Waals surface area contributed by atoms with Gasteiger partial charge in [-0.25, -0.2) is 8.42 Å². The summed E-state index contributed by atoms with van der Waals surface area (Å²) in [7, 11) is -3.42. The van der Waals surface area contributed by atoms with Gasteiger partial charge < -0.3 is 5.32 Å². The maximum absolute atomic E-state index is 12.9. The van der Waals surface area contributed by atoms with Crippen LogP contribution in [-0.2, 0) is 21.0 Å². The van der Waals surface area contributed by atoms with E-state index in [0.29, 0.717) is 17.8 Å². The van der Waals surface area contributed by atoms with Gasteiger partial charge in [-0.2, -0.15) is 13.2 Å². The number of anilines is 2. The van der Waals surface area contributed by atoms with Crippen LogP contribution in [0.4, 0.5) is 24.5 Å². The van der Waals surface area contributed by atoms with Crippen molar-refractivity contribution in [2.45, 2.75) is 19.5 Å². The molecule has 156 valence electrons. The first-order chi connectivity index (χ1) is 13.5. The molecule has 0 aliphatic heterocycles. The highest BCUT2D eigenvalue weighted by molar-refractivity contribution is 7.92. The van der Waals surface area contributed by atoms with Gasteiger partial charge in [0.2, 0.25) is 15.9 Å². The molecule has 0 saturated carbocycles. The smallest absolute Gasteiger partial charge is 0.323 e. The average Bonchev–Trinajstić information content (AvgIpc) is 2.61. The van der Waals surface area contributed by atoms with Crippen LogP contribution >= 0.6 is 11.6 Å². The molecule has 0 aromatic heterocycles. The maximum Gasteiger partial charge on any atom is 0.417 e. The van der Waals surface area contributed by atoms with Gasteiger partial charge in [-0.1, -0.05) is 24.6 Å². The lowest BCUT2D eigenvalue weighted by molar-refractivity contribution is -0.137. The van der Waals surface area contributed by atoms with Gasteiger partial charge >= 0.3 is 6.18 Å². The lowest BCUT2D eigenvalue weighted by atomic mass is 10.1. The molecular formula is C19H18ClF3N2O3S. The third-order valence-corrected chi connectivity index (χ3v) is 5.44. The highest BCUT2D eigenvalue weighted by atomic mass is 35.5. The standard InChI is InChI=1S/C19H18ClF3N2O3S/c1-2-11-29(27,28)25-15-7-5-14(6-8-15)24-18(26)10-4-13-3-9-17(20)16(12-13)19(21,22)23/h3-10,12,25H,2,11H2,1H3,(H,24,26)/b10-4+. The third kappa shape index (κ3) is 7.10. The normalized spacial score (nSPS) is 12.2. The number of hydrogen-bond donors (Lipinski definition) is 2. The van der Waals surface area contributed by atoms with Crippen molar-refractivity contribution < 1.29 is 26.4 Å². The SMILES string of the molecule is CCCS(=O)(=O)Nc1ccc(NC(=O)/C=C/c2ccc(Cl)c(C(F)(F)F)c2)cc1. The van der Waals surface area contributed by atoms with Crippen LogP contribution in [0, 0.1) is 0 Å². The molecule has 2 aromatic rings. The Morgan fingerprint density at radius 3 is 2.31 bits per heavy atom. The number of rotatable bonds is 7. The molecule has 10 heteroatoms. The second-order valence-corrected chi connectivity index (χ2v) is 8.31. The summed E-state index contributed by atoms with van der Waals surface area (Å²) >= 11 is 5.56. The van der Waals surface area contributed by atoms with E-state index in [2.05, 4.69) is 10.0 Å². The van der Waals surface area contributed by atoms with Crippen molar-refractivity contribution >= 4 is 45.0 Å². The monoisotopic (exact) mass is 446 g/mol. The van der Waals surface area contributed by atoms with E-state index < -0.39 is 32.7 Å². The number of halogens is 4. The highest BCUT2D eigenvalue weighted by Gasteiger charge is 2.33. The first-order valence-corrected chi connectivity index (χ1v) is 10.5. The Morgan fingerprint density at radius 1 is 1.10 bits per heavy atom. The third-order valence-electron chi connectivity index (χ3n) is 3.62. The Hall–Kier alpha value is -2.52. The Labute approximate surface area is 171 Å². The largest absolute Gasteiger partial charge is 0.417 e. The molecular weight excluding hydrogens is 429 g/mol. The summed E-state index contributed by atoms with van der Waals surface area (Å²) in [6.45, 7) is 1.75. The molecule has 29 heavy (non-hydrogen) atoms. The maximum atomic E-state index is 12.9. The molecule has 0 bridgehead atoms. The summed E-state index contributed by atoms with van der Waals surface area (Å²) in [5.41, 5.74) is -0.0709. The number of amides is 1. The molecule has 0 aliphatic rings. The number of carbonyl (C=O) groups is 1. The lowest BCUT2D eigenvalue weighted by Crippen LogP contribution is -2.16. The van der Waals surface area contributed by atoms with Gasteiger partial charge in [0.25, 0.3) is 0 Å². The van der Waals surface area contributed by atoms with Crippen LogP contribution in [0.15, 0.2) is 48.5 Å². The second kappa shape index (κ2) is 9.32. The van der Waals surface area contributed by atoms with Crippen LogP contribution in [0.25, 0.3) is 6.08 Å². The summed E-state index contributed by atoms with van der Waals surface area (Å²) in [5.74, 6) is -0.565. The number of nitrogens with one attached hydrogen (secondary N) is 2. The number of sulfonamides is 1. The molecule has 5 nitrogen and oxygen atoms in total. The van der Waals surface area contributed by atoms with Crippen LogP contribution in [0.5, 0.6) is 0 Å². The zero-order chi connectivity index (χ0) is 21.7. The quantitative estimate of drug-likeness (QED) is 0.577. The highest BCUT2D eigenvalue weighted by Crippen LogP contribution is 2.35. The molecule has 0 fully saturated rings. The van der Waals surface area contributed by atoms with Crippen molar-refractivity contribution in [1.82, 2.24) is 0 Å². The lowest BCUT2D eigenvalue weighted by Gasteiger charge is -2.09. The molecule has 0 aliphatic carbocycles. The van der Waals surface area contributed by atoms with E-state index >= 15 is 0 Å². The van der Waals surface area contributed by atoms with E-state index in [-0.39, 0.29) is 11.3 Å². The molecule has 0 radical (unpaired) electrons. The molecule has 2 aromatic carbocycles. The van der Waals surface area contributed by atoms with Crippen LogP contribution in [-0.4, -0.2) is 20.1 Å². The predicted octanol–water partition coefficient (Wildman–Crippen LogP) is 5.16. The Bertz CT molecular complexity index is 1000. The Kier molecular flexibility index (Phi) is 7.32. The van der Waals surface area contributed by atoms with Crippen molar-refractivity contribution in [2.24, 2.45) is 0 Å². The number of alkyl halides is 3. The number of hydrogen-bond acceptors (Lipinski definition) is 3. The van der Waals surface area contributed by atoms with Crippen molar-refractivity contribution in [2.75, 3.05) is 15.8 Å². The Morgan fingerprint density at radius 2 is 1.72 bits per heavy atom. The van der Waals surface area contributed by atoms with Gasteiger partial charge in [-0.3, -0.25) is 9.52 Å². The summed E-state index contributed by atoms with van der Waals surface area (Å²) < 4.78 is 64.4. The van der Waals surface area contributed by atoms with Crippen LogP contribution in [0.2, 0.25) is 5.02 Å².